The van der Waals surface area contributed by atoms with E-state index in [9.17, 15) is 4.79 Å². The van der Waals surface area contributed by atoms with Gasteiger partial charge in [-0.15, -0.1) is 0 Å². The van der Waals surface area contributed by atoms with E-state index in [0.717, 1.165) is 63.2 Å². The van der Waals surface area contributed by atoms with Gasteiger partial charge in [0.15, 0.2) is 0 Å². The van der Waals surface area contributed by atoms with Crippen molar-refractivity contribution < 1.29 is 4.79 Å². The fraction of sp³-hybridized carbons (Fsp3) is 0.310. The lowest BCUT2D eigenvalue weighted by Gasteiger charge is -2.28. The number of amides is 1. The smallest absolute Gasteiger partial charge is 0.229 e. The highest BCUT2D eigenvalue weighted by molar-refractivity contribution is 6.00. The minimum absolute atomic E-state index is 0.0451. The van der Waals surface area contributed by atoms with Crippen molar-refractivity contribution in [3.05, 3.63) is 55.0 Å². The highest BCUT2D eigenvalue weighted by atomic mass is 16.2. The molecule has 1 aliphatic heterocycles. The summed E-state index contributed by atoms with van der Waals surface area (Å²) in [5.74, 6) is 0.997. The summed E-state index contributed by atoms with van der Waals surface area (Å²) in [5.41, 5.74) is 5.95. The van der Waals surface area contributed by atoms with Crippen molar-refractivity contribution in [3.63, 3.8) is 0 Å². The second-order valence-electron chi connectivity index (χ2n) is 10.8. The van der Waals surface area contributed by atoms with Crippen molar-refractivity contribution in [1.82, 2.24) is 25.1 Å². The van der Waals surface area contributed by atoms with Crippen molar-refractivity contribution in [2.24, 2.45) is 5.41 Å². The Bertz CT molecular complexity index is 1600. The van der Waals surface area contributed by atoms with Gasteiger partial charge in [-0.1, -0.05) is 26.8 Å². The Kier molecular flexibility index (Phi) is 5.67. The molecule has 8 heteroatoms. The van der Waals surface area contributed by atoms with Gasteiger partial charge in [0.25, 0.3) is 0 Å². The van der Waals surface area contributed by atoms with Gasteiger partial charge < -0.3 is 15.2 Å². The number of nitrogens with zero attached hydrogens (tertiary/aromatic N) is 4. The molecule has 0 bridgehead atoms. The lowest BCUT2D eigenvalue weighted by molar-refractivity contribution is -0.123. The molecular weight excluding hydrogens is 462 g/mol. The van der Waals surface area contributed by atoms with E-state index < -0.39 is 5.41 Å². The maximum atomic E-state index is 12.5. The van der Waals surface area contributed by atoms with E-state index in [4.69, 9.17) is 4.98 Å². The van der Waals surface area contributed by atoms with Crippen molar-refractivity contribution in [2.75, 3.05) is 23.3 Å². The van der Waals surface area contributed by atoms with E-state index in [2.05, 4.69) is 42.5 Å². The molecule has 5 heterocycles. The lowest BCUT2D eigenvalue weighted by Crippen LogP contribution is -2.30. The van der Waals surface area contributed by atoms with Crippen LogP contribution in [-0.4, -0.2) is 44.1 Å². The predicted molar refractivity (Wildman–Crippen MR) is 149 cm³/mol. The number of benzene rings is 1. The number of nitrogens with one attached hydrogen (secondary N) is 3. The molecule has 1 fully saturated rings. The van der Waals surface area contributed by atoms with Crippen molar-refractivity contribution in [2.45, 2.75) is 40.0 Å². The van der Waals surface area contributed by atoms with Gasteiger partial charge in [-0.2, -0.15) is 5.10 Å². The number of rotatable bonds is 4. The second kappa shape index (κ2) is 9.03. The summed E-state index contributed by atoms with van der Waals surface area (Å²) in [6, 6.07) is 12.3. The summed E-state index contributed by atoms with van der Waals surface area (Å²) >= 11 is 0. The Morgan fingerprint density at radius 2 is 1.78 bits per heavy atom. The van der Waals surface area contributed by atoms with Crippen LogP contribution in [0.2, 0.25) is 0 Å². The number of carbonyl (C=O) groups is 1. The third-order valence-corrected chi connectivity index (χ3v) is 7.01. The molecule has 188 valence electrons. The molecule has 6 rings (SSSR count). The first kappa shape index (κ1) is 23.2. The van der Waals surface area contributed by atoms with Crippen LogP contribution in [0, 0.1) is 5.41 Å². The monoisotopic (exact) mass is 493 g/mol. The third kappa shape index (κ3) is 4.43. The van der Waals surface area contributed by atoms with Crippen LogP contribution < -0.4 is 10.2 Å². The van der Waals surface area contributed by atoms with Crippen LogP contribution in [0.3, 0.4) is 0 Å². The molecule has 1 aliphatic rings. The van der Waals surface area contributed by atoms with Gasteiger partial charge in [0, 0.05) is 47.2 Å². The van der Waals surface area contributed by atoms with Crippen LogP contribution in [0.5, 0.6) is 0 Å². The number of aromatic nitrogens is 5. The van der Waals surface area contributed by atoms with Gasteiger partial charge in [-0.3, -0.25) is 14.9 Å². The van der Waals surface area contributed by atoms with Gasteiger partial charge >= 0.3 is 0 Å². The zero-order valence-corrected chi connectivity index (χ0v) is 21.4. The Morgan fingerprint density at radius 3 is 2.59 bits per heavy atom. The summed E-state index contributed by atoms with van der Waals surface area (Å²) in [4.78, 5) is 27.5. The Labute approximate surface area is 215 Å². The van der Waals surface area contributed by atoms with Crippen LogP contribution in [0.15, 0.2) is 55.0 Å². The second-order valence-corrected chi connectivity index (χ2v) is 10.8. The van der Waals surface area contributed by atoms with E-state index >= 15 is 0 Å². The Morgan fingerprint density at radius 1 is 0.946 bits per heavy atom. The molecule has 0 atom stereocenters. The molecule has 0 radical (unpaired) electrons. The summed E-state index contributed by atoms with van der Waals surface area (Å²) in [6.45, 7) is 7.77. The molecule has 1 amide bonds. The molecule has 1 aromatic carbocycles. The molecule has 8 nitrogen and oxygen atoms in total. The molecule has 0 saturated carbocycles. The number of hydrogen-bond donors (Lipinski definition) is 3. The van der Waals surface area contributed by atoms with E-state index in [-0.39, 0.29) is 5.91 Å². The largest absolute Gasteiger partial charge is 0.356 e. The zero-order valence-electron chi connectivity index (χ0n) is 21.4. The summed E-state index contributed by atoms with van der Waals surface area (Å²) in [6.07, 6.45) is 9.07. The summed E-state index contributed by atoms with van der Waals surface area (Å²) in [5, 5.41) is 12.9. The number of carbonyl (C=O) groups excluding carboxylic acids is 1. The van der Waals surface area contributed by atoms with Gasteiger partial charge in [0.1, 0.15) is 11.5 Å². The first-order valence-corrected chi connectivity index (χ1v) is 12.8. The van der Waals surface area contributed by atoms with Gasteiger partial charge in [0.2, 0.25) is 5.91 Å². The van der Waals surface area contributed by atoms with E-state index in [0.29, 0.717) is 5.69 Å². The average molecular weight is 494 g/mol. The number of aromatic amines is 2. The number of anilines is 2. The van der Waals surface area contributed by atoms with Crippen LogP contribution in [0.25, 0.3) is 44.3 Å². The number of piperidine rings is 1. The van der Waals surface area contributed by atoms with Crippen molar-refractivity contribution in [1.29, 1.82) is 0 Å². The number of pyridine rings is 2. The van der Waals surface area contributed by atoms with Crippen LogP contribution in [0.1, 0.15) is 40.0 Å². The zero-order chi connectivity index (χ0) is 25.6. The molecule has 1 saturated heterocycles. The number of hydrogen-bond acceptors (Lipinski definition) is 5. The molecule has 0 unspecified atom stereocenters. The molecule has 4 aromatic heterocycles. The highest BCUT2D eigenvalue weighted by Gasteiger charge is 2.22. The minimum Gasteiger partial charge on any atom is -0.356 e. The molecule has 5 aromatic rings. The van der Waals surface area contributed by atoms with Crippen molar-refractivity contribution >= 4 is 39.2 Å². The maximum Gasteiger partial charge on any atom is 0.229 e. The van der Waals surface area contributed by atoms with Gasteiger partial charge in [-0.05, 0) is 55.2 Å². The SMILES string of the molecule is CC(C)(C)C(=O)Nc1cncc(-c2ccc3[nH]nc(-c4cc5c(N6CCCCC6)nccc5[nH]4)c3c2)c1. The molecule has 0 aliphatic carbocycles. The fourth-order valence-corrected chi connectivity index (χ4v) is 4.91. The fourth-order valence-electron chi connectivity index (χ4n) is 4.91. The Hall–Kier alpha value is -4.20. The molecular formula is C29H31N7O. The topological polar surface area (TPSA) is 103 Å². The molecule has 0 spiro atoms. The first-order valence-electron chi connectivity index (χ1n) is 12.8. The highest BCUT2D eigenvalue weighted by Crippen LogP contribution is 2.35. The summed E-state index contributed by atoms with van der Waals surface area (Å²) in [7, 11) is 0. The Balaban J connectivity index is 1.37. The predicted octanol–water partition coefficient (Wildman–Crippen LogP) is 6.14. The quantitative estimate of drug-likeness (QED) is 0.279. The minimum atomic E-state index is -0.483. The van der Waals surface area contributed by atoms with E-state index in [1.165, 1.54) is 19.3 Å². The molecule has 3 N–H and O–H groups in total. The normalized spacial score (nSPS) is 14.4. The standard InChI is InChI=1S/C29H31N7O/c1-29(2,3)28(37)32-20-13-19(16-30-17-20)18-7-8-24-21(14-18)26(35-34-24)25-15-22-23(33-25)9-10-31-27(22)36-11-5-4-6-12-36/h7-10,13-17,33H,4-6,11-12H2,1-3H3,(H,32,37)(H,34,35). The van der Waals surface area contributed by atoms with E-state index in [1.54, 1.807) is 6.20 Å². The average Bonchev–Trinajstić information content (AvgIpc) is 3.52. The van der Waals surface area contributed by atoms with Crippen LogP contribution in [0.4, 0.5) is 11.5 Å². The van der Waals surface area contributed by atoms with Crippen LogP contribution >= 0.6 is 0 Å². The van der Waals surface area contributed by atoms with Crippen LogP contribution in [-0.2, 0) is 4.79 Å². The summed E-state index contributed by atoms with van der Waals surface area (Å²) < 4.78 is 0. The molecule has 37 heavy (non-hydrogen) atoms. The number of H-pyrrole nitrogens is 2. The van der Waals surface area contributed by atoms with E-state index in [1.807, 2.05) is 57.4 Å². The van der Waals surface area contributed by atoms with Gasteiger partial charge in [-0.25, -0.2) is 4.98 Å². The maximum absolute atomic E-state index is 12.5. The van der Waals surface area contributed by atoms with Gasteiger partial charge in [0.05, 0.1) is 28.6 Å². The lowest BCUT2D eigenvalue weighted by atomic mass is 9.95. The number of fused-ring (bicyclic) bond motifs is 2. The third-order valence-electron chi connectivity index (χ3n) is 7.01. The van der Waals surface area contributed by atoms with Crippen molar-refractivity contribution in [3.8, 4) is 22.5 Å². The first-order chi connectivity index (χ1) is 17.9.